The van der Waals surface area contributed by atoms with E-state index in [9.17, 15) is 82.3 Å². The number of β-amino-alcohol motifs (C(OH)–C–C–N with tert-alkyl or cyclic N) is 2. The number of rotatable bonds is 31. The number of likely N-dealkylation sites (tertiary alicyclic amines) is 2. The van der Waals surface area contributed by atoms with Gasteiger partial charge in [0.05, 0.1) is 61.3 Å². The summed E-state index contributed by atoms with van der Waals surface area (Å²) in [5.41, 5.74) is 7.91. The third-order valence-electron chi connectivity index (χ3n) is 18.1. The number of primary amides is 1. The molecular weight excluding hydrogens is 1310 g/mol. The number of nitrogens with zero attached hydrogens (tertiary/aromatic N) is 8. The van der Waals surface area contributed by atoms with E-state index < -0.39 is 156 Å². The number of aliphatic hydroxyl groups excluding tert-OH is 6. The van der Waals surface area contributed by atoms with Crippen molar-refractivity contribution in [2.75, 3.05) is 68.7 Å². The molecule has 97 heavy (non-hydrogen) atoms. The highest BCUT2D eigenvalue weighted by atomic mass is 32.3. The van der Waals surface area contributed by atoms with Gasteiger partial charge < -0.3 is 96.6 Å². The Morgan fingerprint density at radius 1 is 0.784 bits per heavy atom. The lowest BCUT2D eigenvalue weighted by Crippen LogP contribution is -2.63. The maximum atomic E-state index is 14.6. The quantitative estimate of drug-likeness (QED) is 0.0179. The largest absolute Gasteiger partial charge is 0.504 e. The number of ether oxygens (including phenoxy) is 1. The Morgan fingerprint density at radius 2 is 1.45 bits per heavy atom. The molecule has 33 nitrogen and oxygen atoms in total. The molecule has 2 aromatic heterocycles. The second-order valence-electron chi connectivity index (χ2n) is 25.7. The summed E-state index contributed by atoms with van der Waals surface area (Å²) in [5.74, 6) is -8.14. The minimum Gasteiger partial charge on any atom is -0.504 e. The van der Waals surface area contributed by atoms with Crippen molar-refractivity contribution in [3.05, 3.63) is 60.4 Å². The summed E-state index contributed by atoms with van der Waals surface area (Å²) in [4.78, 5) is 111. The molecule has 0 bridgehead atoms. The van der Waals surface area contributed by atoms with Crippen molar-refractivity contribution in [1.29, 1.82) is 0 Å². The van der Waals surface area contributed by atoms with Gasteiger partial charge >= 0.3 is 10.4 Å². The lowest BCUT2D eigenvalue weighted by molar-refractivity contribution is -0.145. The number of phenols is 1. The highest BCUT2D eigenvalue weighted by Gasteiger charge is 2.46. The van der Waals surface area contributed by atoms with Crippen molar-refractivity contribution in [2.45, 2.75) is 164 Å². The molecule has 4 saturated heterocycles. The summed E-state index contributed by atoms with van der Waals surface area (Å²) in [6, 6.07) is 1.78. The van der Waals surface area contributed by atoms with E-state index in [0.29, 0.717) is 41.7 Å². The molecule has 4 aromatic rings. The summed E-state index contributed by atoms with van der Waals surface area (Å²) < 4.78 is 43.2. The Morgan fingerprint density at radius 3 is 2.09 bits per heavy atom. The number of carbonyl (C=O) groups excluding carboxylic acids is 7. The first-order chi connectivity index (χ1) is 46.2. The normalized spacial score (nSPS) is 22.1. The van der Waals surface area contributed by atoms with Crippen molar-refractivity contribution in [2.24, 2.45) is 17.6 Å². The number of amides is 7. The summed E-state index contributed by atoms with van der Waals surface area (Å²) in [5, 5.41) is 99.4. The minimum absolute atomic E-state index is 0.0517. The number of carbonyl (C=O) groups is 7. The van der Waals surface area contributed by atoms with E-state index in [0.717, 1.165) is 83.5 Å². The van der Waals surface area contributed by atoms with Crippen LogP contribution in [-0.4, -0.2) is 258 Å². The fourth-order valence-electron chi connectivity index (χ4n) is 12.7. The van der Waals surface area contributed by atoms with Crippen LogP contribution in [0.2, 0.25) is 0 Å². The number of nitrogens with two attached hydrogens (primary N) is 1. The number of benzene rings is 2. The zero-order valence-electron chi connectivity index (χ0n) is 53.6. The summed E-state index contributed by atoms with van der Waals surface area (Å²) in [6.45, 7) is 4.53. The Hall–Kier alpha value is -7.84. The highest BCUT2D eigenvalue weighted by Crippen LogP contribution is 2.35. The summed E-state index contributed by atoms with van der Waals surface area (Å²) >= 11 is 1.40. The zero-order chi connectivity index (χ0) is 69.8. The molecule has 1 saturated carbocycles. The van der Waals surface area contributed by atoms with Crippen LogP contribution in [0.1, 0.15) is 83.6 Å². The monoisotopic (exact) mass is 1390 g/mol. The van der Waals surface area contributed by atoms with Crippen molar-refractivity contribution in [3.8, 4) is 33.2 Å². The third kappa shape index (κ3) is 19.7. The standard InChI is InChI=1S/C62H86N14O19S2/c1-33-27-74(31-49(33)84)59(89)54(48(83)22-51(63)85)70-57(88)53(47(82)18-35-8-13-46(81)50(19-35)95-97(91,92)93)69-56(87)45-21-41(80)30-76(45)60(90)52(34(2)78)68-55(86)44(20-40(79)26-64-32-77)65-23-36-28-75(29-36)62-72-71-58(96-62)38-11-9-37(10-12-38)39-24-66-61(67-25-39)73-16-14-43(15-17-73)94-42-6-4-3-5-7-42/h8-13,19,24-25,32-34,36,40-45,47-49,52-54,65,78-84H,3-7,14-18,20-23,26-31H2,1-2H3,(H2,63,85)(H,64,77)(H,68,86)(H,69,87)(H,70,88)(H,91,92,93)/t33-,34+,40+,41+,44-,45-,47+,48+,49+,52-,53-,54-/m0/s1. The lowest BCUT2D eigenvalue weighted by Gasteiger charge is -2.39. The van der Waals surface area contributed by atoms with Crippen molar-refractivity contribution in [3.63, 3.8) is 0 Å². The Balaban J connectivity index is 0.827. The number of anilines is 2. The van der Waals surface area contributed by atoms with E-state index in [4.69, 9.17) is 20.4 Å². The molecule has 0 radical (unpaired) electrons. The SMILES string of the molecule is C[C@@H](O)[C@H](NC(=O)[C@H](C[C@@H](O)CNC=O)NCC1CN(c2nnc(-c3ccc(-c4cnc(N5CCC(OC6CCCCC6)CC5)nc4)cc3)s2)C1)C(=O)N1C[C@H](O)C[C@H]1C(=O)N[C@H](C(=O)N[C@H](C(=O)N1C[C@@H](O)[C@@H](C)C1)[C@H](O)CC(N)=O)[C@H](O)Cc1ccc(O)c(OS(=O)(=O)O)c1. The number of aromatic nitrogens is 4. The van der Waals surface area contributed by atoms with Crippen LogP contribution in [0.4, 0.5) is 11.1 Å². The highest BCUT2D eigenvalue weighted by molar-refractivity contribution is 7.81. The second kappa shape index (κ2) is 33.1. The molecule has 7 amide bonds. The molecule has 0 unspecified atom stereocenters. The molecule has 15 N–H and O–H groups in total. The van der Waals surface area contributed by atoms with Crippen LogP contribution in [0, 0.1) is 11.8 Å². The molecule has 6 heterocycles. The fraction of sp³-hybridized carbons (Fsp3) is 0.597. The maximum absolute atomic E-state index is 14.6. The molecule has 2 aromatic carbocycles. The zero-order valence-corrected chi connectivity index (χ0v) is 55.2. The van der Waals surface area contributed by atoms with Crippen LogP contribution in [0.3, 0.4) is 0 Å². The number of piperidine rings is 1. The van der Waals surface area contributed by atoms with E-state index in [1.54, 1.807) is 6.92 Å². The summed E-state index contributed by atoms with van der Waals surface area (Å²) in [6.07, 6.45) is 0.747. The van der Waals surface area contributed by atoms with Gasteiger partial charge in [-0.3, -0.25) is 38.1 Å². The Kier molecular flexibility index (Phi) is 25.1. The van der Waals surface area contributed by atoms with Crippen LogP contribution in [0.15, 0.2) is 54.9 Å². The van der Waals surface area contributed by atoms with Crippen LogP contribution in [0.25, 0.3) is 21.7 Å². The first kappa shape index (κ1) is 73.4. The average molecular weight is 1400 g/mol. The van der Waals surface area contributed by atoms with Crippen LogP contribution in [0.5, 0.6) is 11.5 Å². The summed E-state index contributed by atoms with van der Waals surface area (Å²) in [7, 11) is -5.21. The smallest absolute Gasteiger partial charge is 0.446 e. The second-order valence-corrected chi connectivity index (χ2v) is 27.7. The van der Waals surface area contributed by atoms with Crippen LogP contribution >= 0.6 is 11.3 Å². The molecule has 5 aliphatic rings. The number of phenolic OH excluding ortho intramolecular Hbond substituents is 1. The molecule has 0 spiro atoms. The van der Waals surface area contributed by atoms with E-state index in [1.165, 1.54) is 37.5 Å². The first-order valence-electron chi connectivity index (χ1n) is 32.4. The number of nitrogens with one attached hydrogen (secondary N) is 5. The molecule has 12 atom stereocenters. The van der Waals surface area contributed by atoms with Gasteiger partial charge in [0.25, 0.3) is 0 Å². The van der Waals surface area contributed by atoms with Crippen LogP contribution < -0.4 is 46.3 Å². The van der Waals surface area contributed by atoms with Gasteiger partial charge in [-0.2, -0.15) is 8.42 Å². The van der Waals surface area contributed by atoms with Gasteiger partial charge in [-0.15, -0.1) is 10.2 Å². The lowest BCUT2D eigenvalue weighted by atomic mass is 9.97. The van der Waals surface area contributed by atoms with E-state index in [1.807, 2.05) is 41.6 Å². The third-order valence-corrected chi connectivity index (χ3v) is 19.5. The Labute approximate surface area is 563 Å². The van der Waals surface area contributed by atoms with E-state index in [2.05, 4.69) is 45.9 Å². The molecule has 4 aliphatic heterocycles. The van der Waals surface area contributed by atoms with Crippen molar-refractivity contribution in [1.82, 2.24) is 56.5 Å². The van der Waals surface area contributed by atoms with Crippen molar-refractivity contribution < 1.29 is 91.2 Å². The number of aliphatic hydroxyl groups is 6. The van der Waals surface area contributed by atoms with Gasteiger partial charge in [0, 0.05) is 107 Å². The number of hydrogen-bond donors (Lipinski definition) is 14. The van der Waals surface area contributed by atoms with Gasteiger partial charge in [-0.1, -0.05) is 67.9 Å². The van der Waals surface area contributed by atoms with Crippen LogP contribution in [-0.2, 0) is 55.1 Å². The topological polar surface area (TPSA) is 485 Å². The van der Waals surface area contributed by atoms with E-state index in [-0.39, 0.29) is 50.2 Å². The number of aromatic hydroxyl groups is 1. The molecular formula is C62H86N14O19S2. The van der Waals surface area contributed by atoms with E-state index >= 15 is 0 Å². The average Bonchev–Trinajstić information content (AvgIpc) is 1.72. The Bertz CT molecular complexity index is 3480. The fourth-order valence-corrected chi connectivity index (χ4v) is 13.9. The predicted molar refractivity (Wildman–Crippen MR) is 347 cm³/mol. The van der Waals surface area contributed by atoms with Gasteiger partial charge in [0.2, 0.25) is 52.9 Å². The predicted octanol–water partition coefficient (Wildman–Crippen LogP) is -2.77. The van der Waals surface area contributed by atoms with Crippen molar-refractivity contribution >= 4 is 74.7 Å². The first-order valence-corrected chi connectivity index (χ1v) is 34.6. The van der Waals surface area contributed by atoms with Gasteiger partial charge in [0.1, 0.15) is 29.2 Å². The molecule has 35 heteroatoms. The van der Waals surface area contributed by atoms with Gasteiger partial charge in [-0.25, -0.2) is 9.97 Å². The molecule has 530 valence electrons. The minimum atomic E-state index is -5.21. The number of hydrogen-bond acceptors (Lipinski definition) is 26. The molecule has 5 fully saturated rings. The van der Waals surface area contributed by atoms with Gasteiger partial charge in [0.15, 0.2) is 11.5 Å². The molecule has 9 rings (SSSR count). The van der Waals surface area contributed by atoms with Gasteiger partial charge in [-0.05, 0) is 62.3 Å². The maximum Gasteiger partial charge on any atom is 0.446 e. The molecule has 1 aliphatic carbocycles.